The first-order valence-corrected chi connectivity index (χ1v) is 22.6. The van der Waals surface area contributed by atoms with E-state index in [-0.39, 0.29) is 42.4 Å². The van der Waals surface area contributed by atoms with Gasteiger partial charge in [-0.25, -0.2) is 19.2 Å². The molecule has 4 rings (SSSR count). The Balaban J connectivity index is 0.000000631. The standard InChI is InChI=1S/C25H31NO5S.C24H29NO5S.2H2/c1-18(2)20-10-12-21(13-11-20)30-16-22(17-32-23-8-6-5-7-9-23)31-25(28)26-14-15-29-24(27)19(3)4;1-4-23(26)28-15-14-25-24(27)30-21(17-31-22-8-6-5-7-9-22)16-29-20-12-10-19(11-13-20)18(2)3;;/h5-13,18,22H,3,14-17H2,1-2,4H3,(H,26,28);4-13,18,21H,1,14-17H2,2-3H3,(H,25,27);2*1H. The largest absolute Gasteiger partial charge is 0.490 e. The van der Waals surface area contributed by atoms with Crippen LogP contribution in [0, 0.1) is 0 Å². The molecular formula is C49H64N2O10S2. The van der Waals surface area contributed by atoms with E-state index in [1.807, 2.05) is 109 Å². The number of thioether (sulfide) groups is 2. The minimum Gasteiger partial charge on any atom is -0.490 e. The van der Waals surface area contributed by atoms with Crippen molar-refractivity contribution in [3.05, 3.63) is 145 Å². The molecule has 0 aromatic heterocycles. The molecule has 342 valence electrons. The zero-order valence-corrected chi connectivity index (χ0v) is 38.4. The van der Waals surface area contributed by atoms with Gasteiger partial charge in [0.05, 0.1) is 13.1 Å². The van der Waals surface area contributed by atoms with Crippen LogP contribution in [-0.2, 0) is 28.5 Å². The number of carbonyl (C=O) groups excluding carboxylic acids is 4. The Morgan fingerprint density at radius 2 is 1.02 bits per heavy atom. The summed E-state index contributed by atoms with van der Waals surface area (Å²) in [6.45, 7) is 17.8. The molecule has 0 bridgehead atoms. The summed E-state index contributed by atoms with van der Waals surface area (Å²) in [5.41, 5.74) is 2.77. The first kappa shape index (κ1) is 51.5. The fourth-order valence-corrected chi connectivity index (χ4v) is 6.87. The third kappa shape index (κ3) is 22.2. The summed E-state index contributed by atoms with van der Waals surface area (Å²) in [5.74, 6) is 2.37. The first-order valence-electron chi connectivity index (χ1n) is 20.6. The van der Waals surface area contributed by atoms with Crippen LogP contribution in [0.4, 0.5) is 9.59 Å². The van der Waals surface area contributed by atoms with E-state index in [2.05, 4.69) is 51.5 Å². The van der Waals surface area contributed by atoms with Gasteiger partial charge in [0.25, 0.3) is 0 Å². The van der Waals surface area contributed by atoms with Crippen molar-refractivity contribution in [2.75, 3.05) is 51.0 Å². The predicted octanol–water partition coefficient (Wildman–Crippen LogP) is 10.5. The number of esters is 2. The van der Waals surface area contributed by atoms with Gasteiger partial charge in [-0.15, -0.1) is 23.5 Å². The van der Waals surface area contributed by atoms with Gasteiger partial charge in [-0.1, -0.05) is 102 Å². The van der Waals surface area contributed by atoms with Crippen molar-refractivity contribution in [1.29, 1.82) is 0 Å². The highest BCUT2D eigenvalue weighted by atomic mass is 32.2. The average Bonchev–Trinajstić information content (AvgIpc) is 3.29. The van der Waals surface area contributed by atoms with E-state index in [9.17, 15) is 19.2 Å². The maximum Gasteiger partial charge on any atom is 0.407 e. The lowest BCUT2D eigenvalue weighted by Gasteiger charge is -2.19. The molecule has 2 atom stereocenters. The Hall–Kier alpha value is -5.86. The second-order valence-corrected chi connectivity index (χ2v) is 16.7. The summed E-state index contributed by atoms with van der Waals surface area (Å²) in [5, 5.41) is 5.16. The van der Waals surface area contributed by atoms with Gasteiger partial charge in [0, 0.05) is 35.8 Å². The molecule has 0 saturated heterocycles. The summed E-state index contributed by atoms with van der Waals surface area (Å²) >= 11 is 3.17. The maximum atomic E-state index is 12.2. The highest BCUT2D eigenvalue weighted by Crippen LogP contribution is 2.23. The molecule has 2 unspecified atom stereocenters. The number of ether oxygens (including phenoxy) is 6. The molecule has 2 N–H and O–H groups in total. The molecule has 14 heteroatoms. The van der Waals surface area contributed by atoms with Crippen molar-refractivity contribution in [2.45, 2.75) is 68.5 Å². The Morgan fingerprint density at radius 1 is 0.619 bits per heavy atom. The van der Waals surface area contributed by atoms with E-state index in [0.29, 0.717) is 28.9 Å². The van der Waals surface area contributed by atoms with E-state index in [0.717, 1.165) is 27.4 Å². The van der Waals surface area contributed by atoms with Crippen LogP contribution in [0.5, 0.6) is 11.5 Å². The van der Waals surface area contributed by atoms with Crippen LogP contribution in [0.2, 0.25) is 0 Å². The minimum absolute atomic E-state index is 0. The van der Waals surface area contributed by atoms with Crippen molar-refractivity contribution in [2.24, 2.45) is 0 Å². The molecule has 0 saturated carbocycles. The molecule has 0 aliphatic heterocycles. The molecule has 4 aromatic rings. The molecule has 12 nitrogen and oxygen atoms in total. The van der Waals surface area contributed by atoms with Gasteiger partial charge in [0.15, 0.2) is 0 Å². The van der Waals surface area contributed by atoms with E-state index in [1.54, 1.807) is 30.4 Å². The number of carbonyl (C=O) groups is 4. The van der Waals surface area contributed by atoms with Gasteiger partial charge in [0.2, 0.25) is 0 Å². The van der Waals surface area contributed by atoms with Crippen LogP contribution in [0.25, 0.3) is 0 Å². The molecule has 0 aliphatic carbocycles. The Bertz CT molecular complexity index is 1990. The highest BCUT2D eigenvalue weighted by molar-refractivity contribution is 7.99. The van der Waals surface area contributed by atoms with Crippen LogP contribution < -0.4 is 20.1 Å². The molecule has 0 aliphatic rings. The van der Waals surface area contributed by atoms with Crippen molar-refractivity contribution in [1.82, 2.24) is 10.6 Å². The number of hydrogen-bond acceptors (Lipinski definition) is 12. The summed E-state index contributed by atoms with van der Waals surface area (Å²) in [6.07, 6.45) is -1.05. The molecule has 0 spiro atoms. The van der Waals surface area contributed by atoms with Crippen LogP contribution in [0.3, 0.4) is 0 Å². The van der Waals surface area contributed by atoms with Crippen molar-refractivity contribution in [3.63, 3.8) is 0 Å². The Morgan fingerprint density at radius 3 is 1.38 bits per heavy atom. The number of nitrogens with one attached hydrogen (secondary N) is 2. The SMILES string of the molecule is C=C(C)C(=O)OCCNC(=O)OC(COc1ccc(C(C)C)cc1)CSc1ccccc1.C=CC(=O)OCCNC(=O)OC(COc1ccc(C(C)C)cc1)CSc1ccccc1.[HH].[HH]. The summed E-state index contributed by atoms with van der Waals surface area (Å²) < 4.78 is 32.6. The van der Waals surface area contributed by atoms with Gasteiger partial charge < -0.3 is 39.1 Å². The van der Waals surface area contributed by atoms with Gasteiger partial charge >= 0.3 is 24.1 Å². The number of benzene rings is 4. The predicted molar refractivity (Wildman–Crippen MR) is 254 cm³/mol. The molecular weight excluding hydrogens is 841 g/mol. The Kier molecular flexibility index (Phi) is 24.1. The van der Waals surface area contributed by atoms with E-state index in [4.69, 9.17) is 28.4 Å². The minimum atomic E-state index is -0.591. The van der Waals surface area contributed by atoms with Crippen LogP contribution in [0.15, 0.2) is 144 Å². The monoisotopic (exact) mass is 904 g/mol. The summed E-state index contributed by atoms with van der Waals surface area (Å²) in [7, 11) is 0. The van der Waals surface area contributed by atoms with Gasteiger partial charge in [-0.05, 0) is 78.4 Å². The molecule has 4 aromatic carbocycles. The van der Waals surface area contributed by atoms with Crippen LogP contribution >= 0.6 is 23.5 Å². The van der Waals surface area contributed by atoms with Gasteiger partial charge in [-0.2, -0.15) is 0 Å². The lowest BCUT2D eigenvalue weighted by atomic mass is 10.0. The lowest BCUT2D eigenvalue weighted by Crippen LogP contribution is -2.35. The van der Waals surface area contributed by atoms with E-state index < -0.39 is 36.3 Å². The number of amides is 2. The van der Waals surface area contributed by atoms with E-state index >= 15 is 0 Å². The van der Waals surface area contributed by atoms with Crippen molar-refractivity contribution >= 4 is 47.6 Å². The Labute approximate surface area is 383 Å². The molecule has 0 radical (unpaired) electrons. The fourth-order valence-electron chi connectivity index (χ4n) is 5.09. The maximum absolute atomic E-state index is 12.2. The zero-order valence-electron chi connectivity index (χ0n) is 36.7. The van der Waals surface area contributed by atoms with Crippen molar-refractivity contribution in [3.8, 4) is 11.5 Å². The van der Waals surface area contributed by atoms with Gasteiger partial charge in [-0.3, -0.25) is 0 Å². The molecule has 63 heavy (non-hydrogen) atoms. The summed E-state index contributed by atoms with van der Waals surface area (Å²) in [6, 6.07) is 35.6. The normalized spacial score (nSPS) is 11.5. The molecule has 2 amide bonds. The molecule has 0 fully saturated rings. The topological polar surface area (TPSA) is 148 Å². The quantitative estimate of drug-likeness (QED) is 0.0227. The number of rotatable bonds is 24. The number of alkyl carbamates (subject to hydrolysis) is 2. The van der Waals surface area contributed by atoms with Crippen LogP contribution in [-0.4, -0.2) is 87.4 Å². The second-order valence-electron chi connectivity index (χ2n) is 14.5. The zero-order chi connectivity index (χ0) is 45.8. The second kappa shape index (κ2) is 29.4. The third-order valence-corrected chi connectivity index (χ3v) is 10.9. The lowest BCUT2D eigenvalue weighted by molar-refractivity contribution is -0.139. The van der Waals surface area contributed by atoms with Crippen molar-refractivity contribution < 1.29 is 50.5 Å². The first-order chi connectivity index (χ1) is 30.3. The fraction of sp³-hybridized carbons (Fsp3) is 0.347. The van der Waals surface area contributed by atoms with Crippen LogP contribution in [0.1, 0.15) is 60.4 Å². The average molecular weight is 905 g/mol. The third-order valence-electron chi connectivity index (χ3n) is 8.61. The number of hydrogen-bond donors (Lipinski definition) is 2. The molecule has 0 heterocycles. The highest BCUT2D eigenvalue weighted by Gasteiger charge is 2.18. The smallest absolute Gasteiger partial charge is 0.407 e. The van der Waals surface area contributed by atoms with E-state index in [1.165, 1.54) is 11.1 Å². The van der Waals surface area contributed by atoms with Gasteiger partial charge in [0.1, 0.15) is 50.1 Å². The summed E-state index contributed by atoms with van der Waals surface area (Å²) in [4.78, 5) is 48.9.